The first-order valence-electron chi connectivity index (χ1n) is 4.84. The molecule has 1 unspecified atom stereocenters. The Morgan fingerprint density at radius 2 is 2.00 bits per heavy atom. The minimum atomic E-state index is -1.22. The summed E-state index contributed by atoms with van der Waals surface area (Å²) >= 11 is 5.73. The van der Waals surface area contributed by atoms with Crippen molar-refractivity contribution in [3.63, 3.8) is 0 Å². The lowest BCUT2D eigenvalue weighted by molar-refractivity contribution is -0.142. The molecule has 1 atom stereocenters. The molecule has 1 amide bonds. The van der Waals surface area contributed by atoms with Gasteiger partial charge in [-0.1, -0.05) is 18.2 Å². The van der Waals surface area contributed by atoms with E-state index in [4.69, 9.17) is 21.6 Å². The molecular weight excluding hydrogens is 246 g/mol. The van der Waals surface area contributed by atoms with Gasteiger partial charge in [0.05, 0.1) is 6.61 Å². The van der Waals surface area contributed by atoms with Crippen molar-refractivity contribution in [2.24, 2.45) is 0 Å². The third-order valence-electron chi connectivity index (χ3n) is 2.10. The second-order valence-corrected chi connectivity index (χ2v) is 3.66. The van der Waals surface area contributed by atoms with Gasteiger partial charge in [-0.25, -0.2) is 9.21 Å². The second-order valence-electron chi connectivity index (χ2n) is 3.29. The minimum absolute atomic E-state index is 0.169. The number of carboxylic acid groups (broad SMARTS) is 1. The summed E-state index contributed by atoms with van der Waals surface area (Å²) in [5.41, 5.74) is 0.324. The number of carbonyl (C=O) groups excluding carboxylic acids is 1. The molecule has 0 heterocycles. The highest BCUT2D eigenvalue weighted by Gasteiger charge is 2.29. The predicted molar refractivity (Wildman–Crippen MR) is 61.8 cm³/mol. The third kappa shape index (κ3) is 3.44. The Labute approximate surface area is 104 Å². The van der Waals surface area contributed by atoms with E-state index < -0.39 is 17.9 Å². The lowest BCUT2D eigenvalue weighted by Gasteiger charge is -2.20. The van der Waals surface area contributed by atoms with Gasteiger partial charge in [-0.2, -0.15) is 0 Å². The van der Waals surface area contributed by atoms with Crippen molar-refractivity contribution < 1.29 is 19.4 Å². The lowest BCUT2D eigenvalue weighted by Crippen LogP contribution is -2.42. The van der Waals surface area contributed by atoms with E-state index in [0.717, 1.165) is 0 Å². The van der Waals surface area contributed by atoms with Gasteiger partial charge in [0.2, 0.25) is 0 Å². The first-order chi connectivity index (χ1) is 8.07. The Morgan fingerprint density at radius 1 is 1.41 bits per heavy atom. The van der Waals surface area contributed by atoms with Gasteiger partial charge in [0.25, 0.3) is 5.91 Å². The van der Waals surface area contributed by atoms with Crippen LogP contribution >= 0.6 is 11.8 Å². The summed E-state index contributed by atoms with van der Waals surface area (Å²) in [6.07, 6.45) is 0. The molecule has 1 rings (SSSR count). The third-order valence-corrected chi connectivity index (χ3v) is 2.49. The van der Waals surface area contributed by atoms with Crippen LogP contribution in [0.5, 0.6) is 0 Å². The van der Waals surface area contributed by atoms with E-state index in [1.165, 1.54) is 7.11 Å². The number of benzene rings is 1. The molecule has 0 aromatic heterocycles. The first-order valence-corrected chi connectivity index (χ1v) is 5.18. The van der Waals surface area contributed by atoms with E-state index in [9.17, 15) is 9.59 Å². The summed E-state index contributed by atoms with van der Waals surface area (Å²) in [4.78, 5) is 22.7. The Hall–Kier alpha value is -1.59. The van der Waals surface area contributed by atoms with Crippen molar-refractivity contribution in [2.45, 2.75) is 6.04 Å². The highest BCUT2D eigenvalue weighted by molar-refractivity contribution is 6.25. The molecule has 1 aromatic carbocycles. The van der Waals surface area contributed by atoms with E-state index in [0.29, 0.717) is 9.98 Å². The zero-order valence-corrected chi connectivity index (χ0v) is 9.92. The van der Waals surface area contributed by atoms with Crippen LogP contribution in [0, 0.1) is 0 Å². The molecule has 0 aliphatic carbocycles. The van der Waals surface area contributed by atoms with Crippen molar-refractivity contribution in [1.29, 1.82) is 0 Å². The van der Waals surface area contributed by atoms with Crippen LogP contribution in [0.25, 0.3) is 0 Å². The van der Waals surface area contributed by atoms with Gasteiger partial charge in [-0.05, 0) is 12.1 Å². The van der Waals surface area contributed by atoms with E-state index in [2.05, 4.69) is 0 Å². The van der Waals surface area contributed by atoms with Crippen LogP contribution in [0.4, 0.5) is 0 Å². The largest absolute Gasteiger partial charge is 0.480 e. The number of hydrogen-bond donors (Lipinski definition) is 1. The van der Waals surface area contributed by atoms with Crippen LogP contribution in [0.1, 0.15) is 10.4 Å². The average molecular weight is 258 g/mol. The van der Waals surface area contributed by atoms with Gasteiger partial charge in [0.15, 0.2) is 6.04 Å². The Balaban J connectivity index is 2.84. The maximum atomic E-state index is 11.8. The van der Waals surface area contributed by atoms with Crippen LogP contribution in [-0.4, -0.2) is 41.2 Å². The monoisotopic (exact) mass is 257 g/mol. The summed E-state index contributed by atoms with van der Waals surface area (Å²) in [6.45, 7) is -0.169. The summed E-state index contributed by atoms with van der Waals surface area (Å²) in [6, 6.07) is 6.99. The molecule has 5 nitrogen and oxygen atoms in total. The number of methoxy groups -OCH3 is 1. The molecule has 0 radical (unpaired) electrons. The van der Waals surface area contributed by atoms with Crippen LogP contribution in [0.3, 0.4) is 0 Å². The fourth-order valence-corrected chi connectivity index (χ4v) is 1.47. The summed E-state index contributed by atoms with van der Waals surface area (Å²) in [5.74, 6) is -1.79. The van der Waals surface area contributed by atoms with Crippen LogP contribution in [0.15, 0.2) is 30.3 Å². The van der Waals surface area contributed by atoms with Crippen molar-refractivity contribution in [3.8, 4) is 0 Å². The number of halogens is 1. The number of aliphatic carboxylic acids is 1. The summed E-state index contributed by atoms with van der Waals surface area (Å²) < 4.78 is 5.35. The smallest absolute Gasteiger partial charge is 0.330 e. The van der Waals surface area contributed by atoms with Crippen molar-refractivity contribution in [1.82, 2.24) is 4.42 Å². The van der Waals surface area contributed by atoms with Crippen molar-refractivity contribution in [2.75, 3.05) is 13.7 Å². The van der Waals surface area contributed by atoms with Gasteiger partial charge >= 0.3 is 5.97 Å². The number of rotatable bonds is 5. The molecule has 0 saturated heterocycles. The average Bonchev–Trinajstić information content (AvgIpc) is 2.35. The standard InChI is InChI=1S/C11H12ClNO4/c1-17-7-9(11(15)16)13(12)10(14)8-5-3-2-4-6-8/h2-6,9H,7H2,1H3,(H,15,16). The Bertz CT molecular complexity index is 396. The number of nitrogens with zero attached hydrogens (tertiary/aromatic N) is 1. The number of amides is 1. The second kappa shape index (κ2) is 6.22. The van der Waals surface area contributed by atoms with E-state index in [1.54, 1.807) is 30.3 Å². The molecular formula is C11H12ClNO4. The molecule has 0 bridgehead atoms. The fourth-order valence-electron chi connectivity index (χ4n) is 1.24. The van der Waals surface area contributed by atoms with Gasteiger partial charge in [0, 0.05) is 24.4 Å². The van der Waals surface area contributed by atoms with E-state index >= 15 is 0 Å². The maximum Gasteiger partial charge on any atom is 0.330 e. The Kier molecular flexibility index (Phi) is 4.93. The predicted octanol–water partition coefficient (Wildman–Crippen LogP) is 1.38. The Morgan fingerprint density at radius 3 is 2.47 bits per heavy atom. The molecule has 0 fully saturated rings. The van der Waals surface area contributed by atoms with Crippen molar-refractivity contribution in [3.05, 3.63) is 35.9 Å². The summed E-state index contributed by atoms with van der Waals surface area (Å²) in [7, 11) is 1.34. The van der Waals surface area contributed by atoms with Gasteiger partial charge in [0.1, 0.15) is 0 Å². The number of hydrogen-bond acceptors (Lipinski definition) is 3. The van der Waals surface area contributed by atoms with Crippen LogP contribution < -0.4 is 0 Å². The zero-order chi connectivity index (χ0) is 12.8. The van der Waals surface area contributed by atoms with Crippen molar-refractivity contribution >= 4 is 23.7 Å². The van der Waals surface area contributed by atoms with E-state index in [1.807, 2.05) is 0 Å². The topological polar surface area (TPSA) is 66.8 Å². The molecule has 6 heteroatoms. The molecule has 1 N–H and O–H groups in total. The van der Waals surface area contributed by atoms with Crippen LogP contribution in [0.2, 0.25) is 0 Å². The lowest BCUT2D eigenvalue weighted by atomic mass is 10.2. The van der Waals surface area contributed by atoms with Gasteiger partial charge in [-0.15, -0.1) is 0 Å². The van der Waals surface area contributed by atoms with Gasteiger partial charge < -0.3 is 9.84 Å². The molecule has 92 valence electrons. The zero-order valence-electron chi connectivity index (χ0n) is 9.17. The highest BCUT2D eigenvalue weighted by Crippen LogP contribution is 2.12. The molecule has 0 aliphatic rings. The molecule has 0 spiro atoms. The minimum Gasteiger partial charge on any atom is -0.480 e. The molecule has 17 heavy (non-hydrogen) atoms. The highest BCUT2D eigenvalue weighted by atomic mass is 35.5. The maximum absolute atomic E-state index is 11.8. The van der Waals surface area contributed by atoms with E-state index in [-0.39, 0.29) is 6.61 Å². The first kappa shape index (κ1) is 13.5. The fraction of sp³-hybridized carbons (Fsp3) is 0.273. The molecule has 1 aromatic rings. The quantitative estimate of drug-likeness (QED) is 0.810. The SMILES string of the molecule is COCC(C(=O)O)N(Cl)C(=O)c1ccccc1. The number of ether oxygens (including phenoxy) is 1. The number of carbonyl (C=O) groups is 2. The summed E-state index contributed by atoms with van der Waals surface area (Å²) in [5, 5.41) is 8.91. The number of carboxylic acids is 1. The van der Waals surface area contributed by atoms with Gasteiger partial charge in [-0.3, -0.25) is 4.79 Å². The normalized spacial score (nSPS) is 11.9. The molecule has 0 aliphatic heterocycles. The molecule has 0 saturated carbocycles. The van der Waals surface area contributed by atoms with Crippen LogP contribution in [-0.2, 0) is 9.53 Å².